The van der Waals surface area contributed by atoms with Gasteiger partial charge in [0.1, 0.15) is 7.11 Å². The molecule has 1 aromatic rings. The molecule has 154 valence electrons. The monoisotopic (exact) mass is 445 g/mol. The summed E-state index contributed by atoms with van der Waals surface area (Å²) < 4.78 is 0. The van der Waals surface area contributed by atoms with E-state index < -0.39 is 16.8 Å². The predicted molar refractivity (Wildman–Crippen MR) is 114 cm³/mol. The predicted octanol–water partition coefficient (Wildman–Crippen LogP) is 6.67. The summed E-state index contributed by atoms with van der Waals surface area (Å²) >= 11 is 20.4. The molecule has 28 heavy (non-hydrogen) atoms. The Kier molecular flexibility index (Phi) is 5.72. The summed E-state index contributed by atoms with van der Waals surface area (Å²) in [5.74, 6) is -0.911. The van der Waals surface area contributed by atoms with E-state index in [1.165, 1.54) is 7.11 Å². The zero-order valence-electron chi connectivity index (χ0n) is 16.8. The minimum absolute atomic E-state index is 0.0766. The molecule has 0 aromatic heterocycles. The minimum Gasteiger partial charge on any atom is -0.481 e. The smallest absolute Gasteiger partial charge is 0.309 e. The SMILES string of the molecule is CO/N=C1\C[C@H]2[C@](C)(C(=O)O)CCC[C@]2(C)c2c(Cl)c(Cl)c(C(C)C)c(Cl)c21. The first kappa shape index (κ1) is 21.7. The fraction of sp³-hybridized carbons (Fsp3) is 0.619. The van der Waals surface area contributed by atoms with Crippen molar-refractivity contribution in [3.8, 4) is 0 Å². The van der Waals surface area contributed by atoms with Gasteiger partial charge in [-0.25, -0.2) is 0 Å². The molecule has 0 radical (unpaired) electrons. The van der Waals surface area contributed by atoms with Gasteiger partial charge < -0.3 is 9.94 Å². The molecule has 0 aliphatic heterocycles. The van der Waals surface area contributed by atoms with E-state index in [2.05, 4.69) is 12.1 Å². The van der Waals surface area contributed by atoms with E-state index in [1.807, 2.05) is 20.8 Å². The number of rotatable bonds is 3. The fourth-order valence-corrected chi connectivity index (χ4v) is 6.75. The minimum atomic E-state index is -0.891. The summed E-state index contributed by atoms with van der Waals surface area (Å²) in [6.45, 7) is 7.94. The van der Waals surface area contributed by atoms with Gasteiger partial charge in [0.2, 0.25) is 0 Å². The lowest BCUT2D eigenvalue weighted by atomic mass is 9.49. The zero-order valence-corrected chi connectivity index (χ0v) is 19.1. The summed E-state index contributed by atoms with van der Waals surface area (Å²) in [6, 6.07) is 0. The van der Waals surface area contributed by atoms with Gasteiger partial charge in [0, 0.05) is 5.56 Å². The Balaban J connectivity index is 2.41. The van der Waals surface area contributed by atoms with Crippen LogP contribution in [-0.2, 0) is 15.0 Å². The molecule has 2 aliphatic rings. The normalized spacial score (nSPS) is 30.9. The number of benzene rings is 1. The van der Waals surface area contributed by atoms with Gasteiger partial charge in [-0.05, 0) is 54.6 Å². The van der Waals surface area contributed by atoms with Gasteiger partial charge in [-0.2, -0.15) is 0 Å². The molecule has 1 fully saturated rings. The van der Waals surface area contributed by atoms with E-state index in [0.717, 1.165) is 29.5 Å². The molecule has 3 rings (SSSR count). The van der Waals surface area contributed by atoms with Crippen LogP contribution in [-0.4, -0.2) is 23.9 Å². The van der Waals surface area contributed by atoms with Crippen LogP contribution in [0, 0.1) is 11.3 Å². The molecule has 1 aromatic carbocycles. The molecule has 2 aliphatic carbocycles. The van der Waals surface area contributed by atoms with Crippen LogP contribution in [0.15, 0.2) is 5.16 Å². The molecule has 0 saturated heterocycles. The first-order valence-electron chi connectivity index (χ1n) is 9.55. The van der Waals surface area contributed by atoms with Crippen molar-refractivity contribution in [1.82, 2.24) is 0 Å². The highest BCUT2D eigenvalue weighted by Gasteiger charge is 2.58. The van der Waals surface area contributed by atoms with E-state index in [4.69, 9.17) is 39.6 Å². The van der Waals surface area contributed by atoms with Crippen molar-refractivity contribution < 1.29 is 14.7 Å². The highest BCUT2D eigenvalue weighted by atomic mass is 35.5. The first-order valence-corrected chi connectivity index (χ1v) is 10.7. The Morgan fingerprint density at radius 3 is 2.36 bits per heavy atom. The number of fused-ring (bicyclic) bond motifs is 3. The number of hydrogen-bond donors (Lipinski definition) is 1. The molecule has 0 unspecified atom stereocenters. The third-order valence-electron chi connectivity index (χ3n) is 6.81. The molecule has 0 amide bonds. The molecule has 0 heterocycles. The molecule has 1 N–H and O–H groups in total. The number of aliphatic carboxylic acids is 1. The number of carboxylic acid groups (broad SMARTS) is 1. The lowest BCUT2D eigenvalue weighted by Gasteiger charge is -2.54. The Morgan fingerprint density at radius 1 is 1.18 bits per heavy atom. The second-order valence-corrected chi connectivity index (χ2v) is 9.87. The lowest BCUT2D eigenvalue weighted by Crippen LogP contribution is -2.53. The van der Waals surface area contributed by atoms with Crippen LogP contribution < -0.4 is 0 Å². The maximum atomic E-state index is 12.3. The number of oxime groups is 1. The highest BCUT2D eigenvalue weighted by Crippen LogP contribution is 2.61. The van der Waals surface area contributed by atoms with Crippen molar-refractivity contribution in [2.75, 3.05) is 7.11 Å². The van der Waals surface area contributed by atoms with Crippen LogP contribution in [0.1, 0.15) is 76.0 Å². The number of carboxylic acids is 1. The van der Waals surface area contributed by atoms with Crippen LogP contribution in [0.4, 0.5) is 0 Å². The summed E-state index contributed by atoms with van der Waals surface area (Å²) in [5.41, 5.74) is 1.64. The van der Waals surface area contributed by atoms with Gasteiger partial charge in [0.25, 0.3) is 0 Å². The number of nitrogens with zero attached hydrogens (tertiary/aromatic N) is 1. The lowest BCUT2D eigenvalue weighted by molar-refractivity contribution is -0.156. The molecule has 3 atom stereocenters. The quantitative estimate of drug-likeness (QED) is 0.416. The van der Waals surface area contributed by atoms with Crippen molar-refractivity contribution in [3.05, 3.63) is 31.8 Å². The van der Waals surface area contributed by atoms with Crippen LogP contribution in [0.2, 0.25) is 15.1 Å². The summed E-state index contributed by atoms with van der Waals surface area (Å²) in [5, 5.41) is 15.7. The fourth-order valence-electron chi connectivity index (χ4n) is 5.36. The molecule has 0 spiro atoms. The third kappa shape index (κ3) is 2.95. The average molecular weight is 447 g/mol. The Bertz CT molecular complexity index is 867. The van der Waals surface area contributed by atoms with E-state index in [1.54, 1.807) is 0 Å². The highest BCUT2D eigenvalue weighted by molar-refractivity contribution is 6.46. The van der Waals surface area contributed by atoms with Crippen molar-refractivity contribution in [3.63, 3.8) is 0 Å². The number of carbonyl (C=O) groups is 1. The Hall–Kier alpha value is -0.970. The topological polar surface area (TPSA) is 58.9 Å². The molecule has 7 heteroatoms. The van der Waals surface area contributed by atoms with Crippen molar-refractivity contribution >= 4 is 46.5 Å². The maximum Gasteiger partial charge on any atom is 0.309 e. The van der Waals surface area contributed by atoms with Crippen LogP contribution in [0.5, 0.6) is 0 Å². The number of halogens is 3. The Morgan fingerprint density at radius 2 is 1.82 bits per heavy atom. The van der Waals surface area contributed by atoms with Crippen molar-refractivity contribution in [1.29, 1.82) is 0 Å². The second-order valence-electron chi connectivity index (χ2n) is 8.73. The molecule has 1 saturated carbocycles. The first-order chi connectivity index (χ1) is 13.0. The van der Waals surface area contributed by atoms with Crippen LogP contribution >= 0.6 is 34.8 Å². The van der Waals surface area contributed by atoms with Gasteiger partial charge >= 0.3 is 5.97 Å². The summed E-state index contributed by atoms with van der Waals surface area (Å²) in [7, 11) is 1.48. The van der Waals surface area contributed by atoms with E-state index in [0.29, 0.717) is 33.6 Å². The van der Waals surface area contributed by atoms with Gasteiger partial charge in [0.05, 0.1) is 26.2 Å². The largest absolute Gasteiger partial charge is 0.481 e. The van der Waals surface area contributed by atoms with Crippen molar-refractivity contribution in [2.45, 2.75) is 64.7 Å². The zero-order chi connectivity index (χ0) is 21.0. The average Bonchev–Trinajstić information content (AvgIpc) is 2.60. The Labute approximate surface area is 181 Å². The van der Waals surface area contributed by atoms with Gasteiger partial charge in [-0.15, -0.1) is 0 Å². The van der Waals surface area contributed by atoms with Crippen LogP contribution in [0.25, 0.3) is 0 Å². The van der Waals surface area contributed by atoms with E-state index in [-0.39, 0.29) is 11.8 Å². The van der Waals surface area contributed by atoms with Gasteiger partial charge in [-0.1, -0.05) is 67.2 Å². The molecule has 0 bridgehead atoms. The molecular weight excluding hydrogens is 421 g/mol. The van der Waals surface area contributed by atoms with E-state index >= 15 is 0 Å². The van der Waals surface area contributed by atoms with Gasteiger partial charge in [0.15, 0.2) is 0 Å². The molecule has 4 nitrogen and oxygen atoms in total. The van der Waals surface area contributed by atoms with Crippen LogP contribution in [0.3, 0.4) is 0 Å². The number of hydrogen-bond acceptors (Lipinski definition) is 3. The van der Waals surface area contributed by atoms with Gasteiger partial charge in [-0.3, -0.25) is 4.79 Å². The maximum absolute atomic E-state index is 12.3. The van der Waals surface area contributed by atoms with Crippen molar-refractivity contribution in [2.24, 2.45) is 16.5 Å². The van der Waals surface area contributed by atoms with E-state index in [9.17, 15) is 9.90 Å². The standard InChI is InChI=1S/C21H26Cl3NO3/c1-10(2)13-16(22)14-11(25-28-5)9-12-20(3,15(14)18(24)17(13)23)7-6-8-21(12,4)19(26)27/h10,12H,6-9H2,1-5H3,(H,26,27)/b25-11+/t12-,20+,21-/m1/s1. The molecular formula is C21H26Cl3NO3. The summed E-state index contributed by atoms with van der Waals surface area (Å²) in [4.78, 5) is 17.4. The third-order valence-corrected chi connectivity index (χ3v) is 8.07. The second kappa shape index (κ2) is 7.37. The summed E-state index contributed by atoms with van der Waals surface area (Å²) in [6.07, 6.45) is 2.70.